The number of nitrogens with zero attached hydrogens (tertiary/aromatic N) is 5. The van der Waals surface area contributed by atoms with Crippen LogP contribution < -0.4 is 5.32 Å². The summed E-state index contributed by atoms with van der Waals surface area (Å²) in [5, 5.41) is 10.1. The summed E-state index contributed by atoms with van der Waals surface area (Å²) in [5.41, 5.74) is 2.18. The van der Waals surface area contributed by atoms with Crippen molar-refractivity contribution in [3.63, 3.8) is 0 Å². The molecule has 1 N–H and O–H groups in total. The van der Waals surface area contributed by atoms with Crippen molar-refractivity contribution in [2.45, 2.75) is 6.18 Å². The predicted molar refractivity (Wildman–Crippen MR) is 100 cm³/mol. The highest BCUT2D eigenvalue weighted by Crippen LogP contribution is 2.34. The summed E-state index contributed by atoms with van der Waals surface area (Å²) in [5.74, 6) is -2.92. The number of carbonyl (C=O) groups is 1. The maximum Gasteiger partial charge on any atom is 0.471 e. The number of rotatable bonds is 3. The number of imidazole rings is 1. The Morgan fingerprint density at radius 1 is 1.10 bits per heavy atom. The molecule has 30 heavy (non-hydrogen) atoms. The van der Waals surface area contributed by atoms with E-state index in [-0.39, 0.29) is 16.6 Å². The van der Waals surface area contributed by atoms with Gasteiger partial charge in [-0.25, -0.2) is 13.9 Å². The zero-order valence-electron chi connectivity index (χ0n) is 15.1. The van der Waals surface area contributed by atoms with Crippen LogP contribution in [0.4, 0.5) is 23.4 Å². The molecule has 4 rings (SSSR count). The van der Waals surface area contributed by atoms with Gasteiger partial charge >= 0.3 is 12.1 Å². The van der Waals surface area contributed by atoms with Crippen LogP contribution in [0.15, 0.2) is 42.7 Å². The topological polar surface area (TPSA) is 77.1 Å². The van der Waals surface area contributed by atoms with E-state index in [1.165, 1.54) is 22.9 Å². The number of aryl methyl sites for hydroxylation is 1. The van der Waals surface area contributed by atoms with Crippen LogP contribution >= 0.6 is 11.6 Å². The van der Waals surface area contributed by atoms with Crippen molar-refractivity contribution in [1.29, 1.82) is 0 Å². The molecule has 4 aromatic rings. The van der Waals surface area contributed by atoms with E-state index in [1.807, 2.05) is 0 Å². The lowest BCUT2D eigenvalue weighted by Gasteiger charge is -2.05. The van der Waals surface area contributed by atoms with Gasteiger partial charge in [-0.1, -0.05) is 11.6 Å². The zero-order chi connectivity index (χ0) is 21.6. The van der Waals surface area contributed by atoms with Crippen molar-refractivity contribution in [2.24, 2.45) is 7.05 Å². The van der Waals surface area contributed by atoms with Crippen LogP contribution in [0, 0.1) is 5.82 Å². The maximum absolute atomic E-state index is 13.3. The van der Waals surface area contributed by atoms with Crippen LogP contribution in [-0.2, 0) is 11.8 Å². The Bertz CT molecular complexity index is 1260. The Hall–Kier alpha value is -3.47. The average molecular weight is 439 g/mol. The van der Waals surface area contributed by atoms with Gasteiger partial charge in [-0.3, -0.25) is 9.48 Å². The number of halogens is 5. The summed E-state index contributed by atoms with van der Waals surface area (Å²) in [6.07, 6.45) is -2.29. The maximum atomic E-state index is 13.3. The standard InChI is InChI=1S/C18H11ClF4N6O/c1-28-7-12(15(27-28)9-2-4-10(20)5-3-9)11-6-13(19)26-29-8-14(24-16(11)29)25-17(30)18(21,22)23/h2-8H,1H3,(H,25,30). The Labute approximate surface area is 170 Å². The first kappa shape index (κ1) is 19.8. The molecular weight excluding hydrogens is 428 g/mol. The normalized spacial score (nSPS) is 11.8. The third kappa shape index (κ3) is 3.71. The van der Waals surface area contributed by atoms with Crippen molar-refractivity contribution in [1.82, 2.24) is 24.4 Å². The molecule has 7 nitrogen and oxygen atoms in total. The van der Waals surface area contributed by atoms with Crippen molar-refractivity contribution in [3.05, 3.63) is 53.7 Å². The molecule has 0 radical (unpaired) electrons. The molecule has 0 aliphatic rings. The highest BCUT2D eigenvalue weighted by atomic mass is 35.5. The lowest BCUT2D eigenvalue weighted by atomic mass is 10.0. The molecule has 0 atom stereocenters. The van der Waals surface area contributed by atoms with E-state index < -0.39 is 17.9 Å². The van der Waals surface area contributed by atoms with Gasteiger partial charge in [0.15, 0.2) is 16.6 Å². The van der Waals surface area contributed by atoms with E-state index in [4.69, 9.17) is 11.6 Å². The number of aromatic nitrogens is 5. The number of carbonyl (C=O) groups excluding carboxylic acids is 1. The van der Waals surface area contributed by atoms with Crippen LogP contribution in [0.5, 0.6) is 0 Å². The summed E-state index contributed by atoms with van der Waals surface area (Å²) in [4.78, 5) is 15.3. The molecule has 154 valence electrons. The van der Waals surface area contributed by atoms with Crippen molar-refractivity contribution >= 4 is 29.0 Å². The SMILES string of the molecule is Cn1cc(-c2cc(Cl)nn3cc(NC(=O)C(F)(F)F)nc23)c(-c2ccc(F)cc2)n1. The first-order valence-corrected chi connectivity index (χ1v) is 8.73. The Kier molecular flexibility index (Phi) is 4.69. The van der Waals surface area contributed by atoms with E-state index in [1.54, 1.807) is 30.7 Å². The van der Waals surface area contributed by atoms with Crippen LogP contribution in [0.3, 0.4) is 0 Å². The lowest BCUT2D eigenvalue weighted by molar-refractivity contribution is -0.167. The fourth-order valence-corrected chi connectivity index (χ4v) is 3.09. The van der Waals surface area contributed by atoms with Gasteiger partial charge < -0.3 is 5.32 Å². The molecule has 0 aliphatic heterocycles. The third-order valence-electron chi connectivity index (χ3n) is 4.13. The molecule has 3 heterocycles. The first-order chi connectivity index (χ1) is 14.1. The van der Waals surface area contributed by atoms with E-state index in [0.29, 0.717) is 22.4 Å². The first-order valence-electron chi connectivity index (χ1n) is 8.36. The third-order valence-corrected chi connectivity index (χ3v) is 4.32. The van der Waals surface area contributed by atoms with Gasteiger partial charge in [-0.15, -0.1) is 0 Å². The minimum absolute atomic E-state index is 0.0394. The molecule has 1 amide bonds. The van der Waals surface area contributed by atoms with Crippen LogP contribution in [0.1, 0.15) is 0 Å². The van der Waals surface area contributed by atoms with Gasteiger partial charge in [0.2, 0.25) is 0 Å². The smallest absolute Gasteiger partial charge is 0.301 e. The Balaban J connectivity index is 1.86. The molecule has 0 aliphatic carbocycles. The van der Waals surface area contributed by atoms with Crippen molar-refractivity contribution < 1.29 is 22.4 Å². The monoisotopic (exact) mass is 438 g/mol. The molecule has 12 heteroatoms. The highest BCUT2D eigenvalue weighted by molar-refractivity contribution is 6.29. The second-order valence-corrected chi connectivity index (χ2v) is 6.69. The van der Waals surface area contributed by atoms with Crippen molar-refractivity contribution in [2.75, 3.05) is 5.32 Å². The van der Waals surface area contributed by atoms with Gasteiger partial charge in [0.05, 0.1) is 6.20 Å². The number of fused-ring (bicyclic) bond motifs is 1. The van der Waals surface area contributed by atoms with Crippen LogP contribution in [0.25, 0.3) is 28.0 Å². The summed E-state index contributed by atoms with van der Waals surface area (Å²) in [7, 11) is 1.68. The quantitative estimate of drug-likeness (QED) is 0.489. The van der Waals surface area contributed by atoms with Gasteiger partial charge in [0.25, 0.3) is 0 Å². The number of anilines is 1. The number of hydrogen-bond acceptors (Lipinski definition) is 4. The fourth-order valence-electron chi connectivity index (χ4n) is 2.90. The van der Waals surface area contributed by atoms with E-state index in [0.717, 1.165) is 10.7 Å². The summed E-state index contributed by atoms with van der Waals surface area (Å²) < 4.78 is 53.6. The minimum atomic E-state index is -5.07. The number of alkyl halides is 3. The second-order valence-electron chi connectivity index (χ2n) is 6.30. The number of amides is 1. The van der Waals surface area contributed by atoms with Crippen LogP contribution in [0.2, 0.25) is 5.15 Å². The summed E-state index contributed by atoms with van der Waals surface area (Å²) in [6.45, 7) is 0. The highest BCUT2D eigenvalue weighted by Gasteiger charge is 2.39. The van der Waals surface area contributed by atoms with E-state index in [9.17, 15) is 22.4 Å². The van der Waals surface area contributed by atoms with E-state index >= 15 is 0 Å². The predicted octanol–water partition coefficient (Wildman–Crippen LogP) is 4.09. The average Bonchev–Trinajstić information content (AvgIpc) is 3.23. The molecule has 0 unspecified atom stereocenters. The second kappa shape index (κ2) is 7.10. The fraction of sp³-hybridized carbons (Fsp3) is 0.111. The van der Waals surface area contributed by atoms with Gasteiger partial charge in [-0.05, 0) is 30.3 Å². The molecule has 0 spiro atoms. The molecule has 0 fully saturated rings. The van der Waals surface area contributed by atoms with E-state index in [2.05, 4.69) is 15.2 Å². The van der Waals surface area contributed by atoms with Crippen molar-refractivity contribution in [3.8, 4) is 22.4 Å². The molecule has 1 aromatic carbocycles. The Morgan fingerprint density at radius 3 is 2.47 bits per heavy atom. The van der Waals surface area contributed by atoms with Gasteiger partial charge in [0, 0.05) is 29.9 Å². The number of benzene rings is 1. The molecule has 3 aromatic heterocycles. The zero-order valence-corrected chi connectivity index (χ0v) is 15.8. The summed E-state index contributed by atoms with van der Waals surface area (Å²) >= 11 is 6.08. The Morgan fingerprint density at radius 2 is 1.80 bits per heavy atom. The molecule has 0 saturated carbocycles. The number of hydrogen-bond donors (Lipinski definition) is 1. The largest absolute Gasteiger partial charge is 0.471 e. The molecular formula is C18H11ClF4N6O. The molecule has 0 bridgehead atoms. The minimum Gasteiger partial charge on any atom is -0.301 e. The lowest BCUT2D eigenvalue weighted by Crippen LogP contribution is -2.30. The van der Waals surface area contributed by atoms with Gasteiger partial charge in [-0.2, -0.15) is 23.4 Å². The number of nitrogens with one attached hydrogen (secondary N) is 1. The molecule has 0 saturated heterocycles. The van der Waals surface area contributed by atoms with Crippen LogP contribution in [-0.4, -0.2) is 36.5 Å². The van der Waals surface area contributed by atoms with Gasteiger partial charge in [0.1, 0.15) is 11.5 Å². The summed E-state index contributed by atoms with van der Waals surface area (Å²) in [6, 6.07) is 7.12.